The van der Waals surface area contributed by atoms with Crippen LogP contribution < -0.4 is 0 Å². The molecule has 0 atom stereocenters. The van der Waals surface area contributed by atoms with Crippen LogP contribution >= 0.6 is 41.2 Å². The Morgan fingerprint density at radius 3 is 2.36 bits per heavy atom. The fraction of sp³-hybridized carbons (Fsp3) is 0. The number of hydrogen-bond acceptors (Lipinski definition) is 0. The fourth-order valence-corrected chi connectivity index (χ4v) is 1.24. The van der Waals surface area contributed by atoms with Crippen molar-refractivity contribution in [2.24, 2.45) is 0 Å². The molecule has 0 aliphatic heterocycles. The molecule has 0 saturated carbocycles. The molecule has 0 heterocycles. The van der Waals surface area contributed by atoms with Crippen molar-refractivity contribution >= 4 is 41.2 Å². The van der Waals surface area contributed by atoms with Gasteiger partial charge in [-0.1, -0.05) is 25.4 Å². The van der Waals surface area contributed by atoms with Gasteiger partial charge in [-0.15, -0.1) is 29.8 Å². The van der Waals surface area contributed by atoms with E-state index >= 15 is 0 Å². The molecule has 0 aliphatic rings. The summed E-state index contributed by atoms with van der Waals surface area (Å²) in [4.78, 5) is 0. The zero-order valence-electron chi connectivity index (χ0n) is 5.37. The second-order valence-corrected chi connectivity index (χ2v) is 2.79. The van der Waals surface area contributed by atoms with E-state index in [0.29, 0.717) is 9.50 Å². The van der Waals surface area contributed by atoms with Gasteiger partial charge >= 0.3 is 30.0 Å². The van der Waals surface area contributed by atoms with Crippen LogP contribution in [0.15, 0.2) is 16.6 Å². The summed E-state index contributed by atoms with van der Waals surface area (Å²) in [6, 6.07) is 5.15. The molecule has 0 amide bonds. The van der Waals surface area contributed by atoms with Crippen molar-refractivity contribution in [3.05, 3.63) is 33.5 Å². The molecule has 0 spiro atoms. The third kappa shape index (κ3) is 5.29. The molecular weight excluding hydrogens is 352 g/mol. The summed E-state index contributed by atoms with van der Waals surface area (Å²) in [5.74, 6) is -0.450. The molecule has 1 rings (SSSR count). The van der Waals surface area contributed by atoms with E-state index in [0.717, 1.165) is 0 Å². The van der Waals surface area contributed by atoms with E-state index in [-0.39, 0.29) is 0 Å². The van der Waals surface area contributed by atoms with Crippen LogP contribution in [0.1, 0.15) is 0 Å². The second kappa shape index (κ2) is 6.53. The van der Waals surface area contributed by atoms with E-state index in [9.17, 15) is 4.39 Å². The summed E-state index contributed by atoms with van der Waals surface area (Å²) in [7, 11) is 0. The van der Waals surface area contributed by atoms with E-state index in [1.54, 1.807) is 6.07 Å². The molecule has 5 heteroatoms. The molecule has 0 N–H and O–H groups in total. The van der Waals surface area contributed by atoms with Crippen LogP contribution in [0.4, 0.5) is 4.39 Å². The van der Waals surface area contributed by atoms with Gasteiger partial charge in [0.15, 0.2) is 0 Å². The normalized spacial score (nSPS) is 8.55. The molecule has 0 radical (unpaired) electrons. The van der Waals surface area contributed by atoms with Crippen LogP contribution in [-0.4, -0.2) is 0 Å². The predicted octanol–water partition coefficient (Wildman–Crippen LogP) is 3.88. The minimum atomic E-state index is -0.450. The molecule has 11 heavy (non-hydrogen) atoms. The van der Waals surface area contributed by atoms with E-state index in [4.69, 9.17) is 11.6 Å². The number of hydrogen-bond donors (Lipinski definition) is 0. The maximum absolute atomic E-state index is 12.3. The molecule has 0 bridgehead atoms. The number of halogens is 4. The molecule has 0 saturated heterocycles. The molecule has 0 aliphatic carbocycles. The Morgan fingerprint density at radius 2 is 2.00 bits per heavy atom. The molecule has 1 aromatic rings. The van der Waals surface area contributed by atoms with Gasteiger partial charge in [0.25, 0.3) is 0 Å². The van der Waals surface area contributed by atoms with Gasteiger partial charge in [-0.05, 0) is 0 Å². The number of benzene rings is 1. The quantitative estimate of drug-likeness (QED) is 0.490. The van der Waals surface area contributed by atoms with Crippen LogP contribution in [-0.2, 0) is 16.3 Å². The Labute approximate surface area is 94.7 Å². The SMILES string of the molecule is Fc1[c-]c(Br)cc(Cl)c1.[Zn+][Br]. The summed E-state index contributed by atoms with van der Waals surface area (Å²) in [5, 5.41) is 0.373. The van der Waals surface area contributed by atoms with Gasteiger partial charge in [-0.25, -0.2) is 4.39 Å². The monoisotopic (exact) mass is 350 g/mol. The molecule has 1 aromatic carbocycles. The Hall–Kier alpha value is 1.02. The summed E-state index contributed by atoms with van der Waals surface area (Å²) in [5.41, 5.74) is 0. The van der Waals surface area contributed by atoms with E-state index in [1.807, 2.05) is 0 Å². The molecule has 0 aromatic heterocycles. The van der Waals surface area contributed by atoms with Gasteiger partial charge in [0.05, 0.1) is 0 Å². The standard InChI is InChI=1S/C6H2BrClF.BrH.Zn/c7-4-1-5(8)3-6(9)2-4;;/h1,3H;1H;/q-1;;+2/p-1. The van der Waals surface area contributed by atoms with Gasteiger partial charge in [-0.2, -0.15) is 0 Å². The van der Waals surface area contributed by atoms with E-state index < -0.39 is 5.82 Å². The third-order valence-corrected chi connectivity index (χ3v) is 1.41. The first kappa shape index (κ1) is 12.0. The average molecular weight is 354 g/mol. The van der Waals surface area contributed by atoms with Crippen molar-refractivity contribution in [2.75, 3.05) is 0 Å². The average Bonchev–Trinajstić information content (AvgIpc) is 1.88. The first-order chi connectivity index (χ1) is 5.18. The maximum atomic E-state index is 12.3. The van der Waals surface area contributed by atoms with Crippen LogP contribution in [0.25, 0.3) is 0 Å². The van der Waals surface area contributed by atoms with Crippen LogP contribution in [0.5, 0.6) is 0 Å². The van der Waals surface area contributed by atoms with Gasteiger partial charge in [0.1, 0.15) is 0 Å². The third-order valence-electron chi connectivity index (χ3n) is 0.768. The molecular formula is C6H2Br2ClFZn. The molecule has 0 nitrogen and oxygen atoms in total. The first-order valence-electron chi connectivity index (χ1n) is 2.49. The van der Waals surface area contributed by atoms with Crippen molar-refractivity contribution in [3.8, 4) is 0 Å². The minimum absolute atomic E-state index is 0.373. The predicted molar refractivity (Wildman–Crippen MR) is 46.9 cm³/mol. The Kier molecular flexibility index (Phi) is 7.14. The molecule has 0 fully saturated rings. The van der Waals surface area contributed by atoms with Gasteiger partial charge in [0.2, 0.25) is 0 Å². The van der Waals surface area contributed by atoms with Gasteiger partial charge < -0.3 is 0 Å². The molecule has 56 valence electrons. The summed E-state index contributed by atoms with van der Waals surface area (Å²) in [6.45, 7) is 0. The molecule has 0 unspecified atom stereocenters. The second-order valence-electron chi connectivity index (χ2n) is 1.49. The van der Waals surface area contributed by atoms with Crippen molar-refractivity contribution in [3.63, 3.8) is 0 Å². The van der Waals surface area contributed by atoms with Crippen molar-refractivity contribution < 1.29 is 20.7 Å². The van der Waals surface area contributed by atoms with Crippen LogP contribution in [0, 0.1) is 11.9 Å². The zero-order chi connectivity index (χ0) is 8.85. The van der Waals surface area contributed by atoms with E-state index in [1.165, 1.54) is 22.4 Å². The van der Waals surface area contributed by atoms with Crippen LogP contribution in [0.3, 0.4) is 0 Å². The van der Waals surface area contributed by atoms with Crippen molar-refractivity contribution in [2.45, 2.75) is 0 Å². The topological polar surface area (TPSA) is 0 Å². The number of rotatable bonds is 0. The summed E-state index contributed by atoms with van der Waals surface area (Å²) in [6.07, 6.45) is 0. The van der Waals surface area contributed by atoms with Crippen molar-refractivity contribution in [1.29, 1.82) is 0 Å². The Morgan fingerprint density at radius 1 is 1.45 bits per heavy atom. The van der Waals surface area contributed by atoms with Gasteiger partial charge in [0, 0.05) is 5.82 Å². The Bertz CT molecular complexity index is 181. The first-order valence-corrected chi connectivity index (χ1v) is 10.6. The summed E-state index contributed by atoms with van der Waals surface area (Å²) < 4.78 is 12.8. The van der Waals surface area contributed by atoms with E-state index in [2.05, 4.69) is 35.6 Å². The van der Waals surface area contributed by atoms with Gasteiger partial charge in [-0.3, -0.25) is 0 Å². The summed E-state index contributed by atoms with van der Waals surface area (Å²) >= 11 is 12.7. The zero-order valence-corrected chi connectivity index (χ0v) is 12.3. The van der Waals surface area contributed by atoms with Crippen molar-refractivity contribution in [1.82, 2.24) is 0 Å². The fourth-order valence-electron chi connectivity index (χ4n) is 0.470. The van der Waals surface area contributed by atoms with Crippen LogP contribution in [0.2, 0.25) is 5.02 Å². The Balaban J connectivity index is 0.000000461.